The highest BCUT2D eigenvalue weighted by molar-refractivity contribution is 5.44. The molecular weight excluding hydrogens is 146 g/mol. The molecule has 1 heterocycles. The van der Waals surface area contributed by atoms with E-state index in [1.54, 1.807) is 0 Å². The Morgan fingerprint density at radius 1 is 1.67 bits per heavy atom. The SMILES string of the molecule is C=c1cc[nH]/c1=C/C(=C\C)CC. The highest BCUT2D eigenvalue weighted by Gasteiger charge is 1.87. The van der Waals surface area contributed by atoms with Crippen LogP contribution in [0.5, 0.6) is 0 Å². The van der Waals surface area contributed by atoms with Crippen LogP contribution < -0.4 is 10.6 Å². The first-order valence-corrected chi connectivity index (χ1v) is 4.27. The zero-order valence-electron chi connectivity index (χ0n) is 7.72. The fraction of sp³-hybridized carbons (Fsp3) is 0.273. The molecule has 1 rings (SSSR count). The molecule has 0 aromatic carbocycles. The van der Waals surface area contributed by atoms with Gasteiger partial charge in [-0.3, -0.25) is 0 Å². The summed E-state index contributed by atoms with van der Waals surface area (Å²) in [5.41, 5.74) is 1.34. The third kappa shape index (κ3) is 1.88. The van der Waals surface area contributed by atoms with Gasteiger partial charge in [-0.05, 0) is 30.7 Å². The number of allylic oxidation sites excluding steroid dienone is 2. The first kappa shape index (κ1) is 8.85. The molecule has 0 aliphatic rings. The summed E-state index contributed by atoms with van der Waals surface area (Å²) in [5.74, 6) is 0. The van der Waals surface area contributed by atoms with Gasteiger partial charge in [0.1, 0.15) is 0 Å². The summed E-state index contributed by atoms with van der Waals surface area (Å²) in [6.07, 6.45) is 7.24. The summed E-state index contributed by atoms with van der Waals surface area (Å²) in [4.78, 5) is 3.15. The number of aromatic amines is 1. The van der Waals surface area contributed by atoms with E-state index in [0.717, 1.165) is 17.0 Å². The predicted octanol–water partition coefficient (Wildman–Crippen LogP) is 1.56. The van der Waals surface area contributed by atoms with Crippen LogP contribution >= 0.6 is 0 Å². The van der Waals surface area contributed by atoms with Crippen molar-refractivity contribution >= 4 is 12.7 Å². The minimum absolute atomic E-state index is 1.06. The molecule has 1 aromatic heterocycles. The van der Waals surface area contributed by atoms with Crippen LogP contribution in [0.1, 0.15) is 20.3 Å². The lowest BCUT2D eigenvalue weighted by Gasteiger charge is -1.91. The molecule has 0 aliphatic carbocycles. The summed E-state index contributed by atoms with van der Waals surface area (Å²) in [6, 6.07) is 1.98. The van der Waals surface area contributed by atoms with Crippen molar-refractivity contribution < 1.29 is 0 Å². The van der Waals surface area contributed by atoms with Gasteiger partial charge in [-0.1, -0.05) is 25.2 Å². The van der Waals surface area contributed by atoms with Gasteiger partial charge < -0.3 is 4.98 Å². The monoisotopic (exact) mass is 161 g/mol. The van der Waals surface area contributed by atoms with Gasteiger partial charge in [0.25, 0.3) is 0 Å². The van der Waals surface area contributed by atoms with Crippen molar-refractivity contribution in [3.05, 3.63) is 34.5 Å². The second-order valence-corrected chi connectivity index (χ2v) is 2.78. The van der Waals surface area contributed by atoms with Crippen LogP contribution in [0, 0.1) is 0 Å². The zero-order chi connectivity index (χ0) is 8.97. The summed E-state index contributed by atoms with van der Waals surface area (Å²) < 4.78 is 0. The second-order valence-electron chi connectivity index (χ2n) is 2.78. The maximum atomic E-state index is 3.91. The van der Waals surface area contributed by atoms with Crippen LogP contribution in [0.3, 0.4) is 0 Å². The van der Waals surface area contributed by atoms with Crippen LogP contribution in [-0.2, 0) is 0 Å². The van der Waals surface area contributed by atoms with Crippen molar-refractivity contribution in [3.63, 3.8) is 0 Å². The molecule has 0 aliphatic heterocycles. The van der Waals surface area contributed by atoms with E-state index in [0.29, 0.717) is 0 Å². The Balaban J connectivity index is 3.13. The fourth-order valence-corrected chi connectivity index (χ4v) is 1.12. The summed E-state index contributed by atoms with van der Waals surface area (Å²) in [6.45, 7) is 8.12. The fourth-order valence-electron chi connectivity index (χ4n) is 1.12. The van der Waals surface area contributed by atoms with Crippen molar-refractivity contribution in [2.24, 2.45) is 0 Å². The molecule has 1 nitrogen and oxygen atoms in total. The molecule has 0 spiro atoms. The Labute approximate surface area is 73.1 Å². The van der Waals surface area contributed by atoms with Gasteiger partial charge in [0.2, 0.25) is 0 Å². The van der Waals surface area contributed by atoms with Crippen molar-refractivity contribution in [3.8, 4) is 0 Å². The van der Waals surface area contributed by atoms with Crippen LogP contribution in [0.2, 0.25) is 0 Å². The van der Waals surface area contributed by atoms with Gasteiger partial charge in [-0.2, -0.15) is 0 Å². The molecule has 1 aromatic rings. The lowest BCUT2D eigenvalue weighted by molar-refractivity contribution is 1.15. The molecule has 0 fully saturated rings. The summed E-state index contributed by atoms with van der Waals surface area (Å²) in [5, 5.41) is 2.17. The van der Waals surface area contributed by atoms with Gasteiger partial charge in [0, 0.05) is 11.5 Å². The third-order valence-electron chi connectivity index (χ3n) is 1.98. The number of H-pyrrole nitrogens is 1. The van der Waals surface area contributed by atoms with Crippen LogP contribution in [-0.4, -0.2) is 4.98 Å². The van der Waals surface area contributed by atoms with Gasteiger partial charge in [-0.15, -0.1) is 0 Å². The first-order chi connectivity index (χ1) is 5.77. The maximum Gasteiger partial charge on any atom is 0.0450 e. The summed E-state index contributed by atoms with van der Waals surface area (Å²) >= 11 is 0. The van der Waals surface area contributed by atoms with E-state index < -0.39 is 0 Å². The van der Waals surface area contributed by atoms with E-state index >= 15 is 0 Å². The molecule has 1 N–H and O–H groups in total. The molecule has 0 atom stereocenters. The van der Waals surface area contributed by atoms with Gasteiger partial charge in [-0.25, -0.2) is 0 Å². The van der Waals surface area contributed by atoms with Crippen molar-refractivity contribution in [2.45, 2.75) is 20.3 Å². The lowest BCUT2D eigenvalue weighted by atomic mass is 10.2. The van der Waals surface area contributed by atoms with E-state index in [1.165, 1.54) is 5.57 Å². The Hall–Kier alpha value is -1.24. The number of rotatable bonds is 2. The summed E-state index contributed by atoms with van der Waals surface area (Å²) in [7, 11) is 0. The molecule has 64 valence electrons. The third-order valence-corrected chi connectivity index (χ3v) is 1.98. The quantitative estimate of drug-likeness (QED) is 0.677. The van der Waals surface area contributed by atoms with E-state index in [9.17, 15) is 0 Å². The van der Waals surface area contributed by atoms with Gasteiger partial charge in [0.05, 0.1) is 0 Å². The molecule has 0 amide bonds. The molecular formula is C11H15N. The lowest BCUT2D eigenvalue weighted by Crippen LogP contribution is -2.20. The minimum atomic E-state index is 1.06. The maximum absolute atomic E-state index is 3.91. The molecule has 0 unspecified atom stereocenters. The predicted molar refractivity (Wildman–Crippen MR) is 54.1 cm³/mol. The molecule has 0 saturated carbocycles. The van der Waals surface area contributed by atoms with Crippen LogP contribution in [0.15, 0.2) is 23.9 Å². The highest BCUT2D eigenvalue weighted by Crippen LogP contribution is 1.99. The standard InChI is InChI=1S/C11H15N/c1-4-10(5-2)8-11-9(3)6-7-12-11/h4,6-8,12H,3,5H2,1-2H3/b10-4-,11-8+. The van der Waals surface area contributed by atoms with Crippen LogP contribution in [0.25, 0.3) is 12.7 Å². The van der Waals surface area contributed by atoms with Gasteiger partial charge in [0.15, 0.2) is 0 Å². The first-order valence-electron chi connectivity index (χ1n) is 4.27. The van der Waals surface area contributed by atoms with E-state index in [-0.39, 0.29) is 0 Å². The van der Waals surface area contributed by atoms with Crippen LogP contribution in [0.4, 0.5) is 0 Å². The molecule has 0 bridgehead atoms. The van der Waals surface area contributed by atoms with Crippen molar-refractivity contribution in [2.75, 3.05) is 0 Å². The Kier molecular flexibility index (Phi) is 2.92. The van der Waals surface area contributed by atoms with E-state index in [1.807, 2.05) is 12.3 Å². The number of hydrogen-bond donors (Lipinski definition) is 1. The Bertz CT molecular complexity index is 368. The minimum Gasteiger partial charge on any atom is -0.361 e. The normalized spacial score (nSPS) is 13.8. The largest absolute Gasteiger partial charge is 0.361 e. The molecule has 1 heteroatoms. The average Bonchev–Trinajstić information content (AvgIpc) is 2.47. The molecule has 0 radical (unpaired) electrons. The highest BCUT2D eigenvalue weighted by atomic mass is 14.6. The topological polar surface area (TPSA) is 15.8 Å². The molecule has 0 saturated heterocycles. The zero-order valence-corrected chi connectivity index (χ0v) is 7.72. The number of hydrogen-bond acceptors (Lipinski definition) is 0. The number of nitrogens with one attached hydrogen (secondary N) is 1. The number of aromatic nitrogens is 1. The van der Waals surface area contributed by atoms with Crippen molar-refractivity contribution in [1.82, 2.24) is 4.98 Å². The Morgan fingerprint density at radius 3 is 2.83 bits per heavy atom. The van der Waals surface area contributed by atoms with E-state index in [2.05, 4.69) is 37.6 Å². The smallest absolute Gasteiger partial charge is 0.0450 e. The average molecular weight is 161 g/mol. The van der Waals surface area contributed by atoms with E-state index in [4.69, 9.17) is 0 Å². The van der Waals surface area contributed by atoms with Crippen molar-refractivity contribution in [1.29, 1.82) is 0 Å². The van der Waals surface area contributed by atoms with Gasteiger partial charge >= 0.3 is 0 Å². The second kappa shape index (κ2) is 3.96. The Morgan fingerprint density at radius 2 is 2.42 bits per heavy atom. The molecule has 12 heavy (non-hydrogen) atoms.